The molecule has 0 amide bonds. The van der Waals surface area contributed by atoms with Crippen LogP contribution < -0.4 is 5.30 Å². The van der Waals surface area contributed by atoms with E-state index in [2.05, 4.69) is 20.8 Å². The molecule has 0 spiro atoms. The van der Waals surface area contributed by atoms with Crippen molar-refractivity contribution in [2.45, 2.75) is 32.6 Å². The van der Waals surface area contributed by atoms with Crippen LogP contribution in [-0.2, 0) is 5.41 Å². The first-order valence-electron chi connectivity index (χ1n) is 4.96. The molecule has 1 rings (SSSR count). The van der Waals surface area contributed by atoms with Crippen LogP contribution in [0.3, 0.4) is 0 Å². The summed E-state index contributed by atoms with van der Waals surface area (Å²) >= 11 is 0. The molecule has 0 atom stereocenters. The van der Waals surface area contributed by atoms with Crippen LogP contribution >= 0.6 is 7.94 Å². The van der Waals surface area contributed by atoms with E-state index in [1.165, 1.54) is 0 Å². The Hall–Kier alpha value is -0.470. The predicted octanol–water partition coefficient (Wildman–Crippen LogP) is 1.74. The summed E-state index contributed by atoms with van der Waals surface area (Å²) in [6, 6.07) is 6.80. The average Bonchev–Trinajstić information content (AvgIpc) is 2.17. The van der Waals surface area contributed by atoms with Crippen molar-refractivity contribution >= 4 is 13.2 Å². The van der Waals surface area contributed by atoms with Crippen molar-refractivity contribution in [1.29, 1.82) is 0 Å². The van der Waals surface area contributed by atoms with E-state index in [1.807, 2.05) is 12.1 Å². The van der Waals surface area contributed by atoms with Crippen molar-refractivity contribution in [3.05, 3.63) is 29.8 Å². The molecule has 0 aromatic heterocycles. The fourth-order valence-corrected chi connectivity index (χ4v) is 1.87. The summed E-state index contributed by atoms with van der Waals surface area (Å²) < 4.78 is 0. The lowest BCUT2D eigenvalue weighted by Crippen LogP contribution is -2.17. The van der Waals surface area contributed by atoms with Crippen molar-refractivity contribution in [1.82, 2.24) is 0 Å². The van der Waals surface area contributed by atoms with Crippen LogP contribution in [0.5, 0.6) is 0 Å². The third kappa shape index (κ3) is 2.99. The van der Waals surface area contributed by atoms with Crippen LogP contribution in [0.4, 0.5) is 0 Å². The molecular weight excluding hydrogens is 211 g/mol. The molecule has 0 unspecified atom stereocenters. The van der Waals surface area contributed by atoms with Crippen LogP contribution in [0.25, 0.3) is 0 Å². The van der Waals surface area contributed by atoms with Crippen molar-refractivity contribution < 1.29 is 14.7 Å². The Morgan fingerprint density at radius 2 is 1.53 bits per heavy atom. The standard InChI is InChI=1S/C11H18O3P/c1-4-11(2,3)9-5-7-10(8-6-9)15(12,13)14/h5-8,12-14H,4H2,1-3H3/q+1. The number of hydrogen-bond donors (Lipinski definition) is 3. The van der Waals surface area contributed by atoms with Gasteiger partial charge >= 0.3 is 7.94 Å². The second-order valence-corrected chi connectivity index (χ2v) is 6.01. The minimum atomic E-state index is -3.85. The van der Waals surface area contributed by atoms with Gasteiger partial charge in [-0.1, -0.05) is 32.9 Å². The summed E-state index contributed by atoms with van der Waals surface area (Å²) in [6.45, 7) is 6.36. The van der Waals surface area contributed by atoms with E-state index in [4.69, 9.17) is 14.7 Å². The molecule has 0 bridgehead atoms. The molecule has 0 aliphatic rings. The van der Waals surface area contributed by atoms with Crippen molar-refractivity contribution in [2.24, 2.45) is 0 Å². The quantitative estimate of drug-likeness (QED) is 0.692. The lowest BCUT2D eigenvalue weighted by atomic mass is 9.82. The molecule has 0 aliphatic heterocycles. The van der Waals surface area contributed by atoms with E-state index in [0.29, 0.717) is 0 Å². The molecule has 0 fully saturated rings. The van der Waals surface area contributed by atoms with Crippen LogP contribution in [0, 0.1) is 0 Å². The Balaban J connectivity index is 3.01. The topological polar surface area (TPSA) is 60.7 Å². The second-order valence-electron chi connectivity index (χ2n) is 4.35. The van der Waals surface area contributed by atoms with Gasteiger partial charge in [-0.3, -0.25) is 0 Å². The van der Waals surface area contributed by atoms with Gasteiger partial charge in [-0.25, -0.2) is 0 Å². The second kappa shape index (κ2) is 4.18. The van der Waals surface area contributed by atoms with Gasteiger partial charge in [-0.2, -0.15) is 14.7 Å². The van der Waals surface area contributed by atoms with Gasteiger partial charge in [-0.05, 0) is 29.5 Å². The minimum Gasteiger partial charge on any atom is -0.189 e. The molecule has 3 nitrogen and oxygen atoms in total. The van der Waals surface area contributed by atoms with Gasteiger partial charge < -0.3 is 0 Å². The monoisotopic (exact) mass is 229 g/mol. The molecule has 15 heavy (non-hydrogen) atoms. The molecule has 84 valence electrons. The third-order valence-electron chi connectivity index (χ3n) is 2.88. The normalized spacial score (nSPS) is 12.9. The van der Waals surface area contributed by atoms with E-state index < -0.39 is 7.94 Å². The van der Waals surface area contributed by atoms with Crippen molar-refractivity contribution in [2.75, 3.05) is 0 Å². The fourth-order valence-electron chi connectivity index (χ4n) is 1.32. The molecule has 1 aromatic carbocycles. The lowest BCUT2D eigenvalue weighted by Gasteiger charge is -2.23. The number of hydrogen-bond acceptors (Lipinski definition) is 3. The highest BCUT2D eigenvalue weighted by Gasteiger charge is 2.34. The highest BCUT2D eigenvalue weighted by molar-refractivity contribution is 7.66. The first kappa shape index (κ1) is 12.6. The van der Waals surface area contributed by atoms with Gasteiger partial charge in [-0.15, -0.1) is 0 Å². The lowest BCUT2D eigenvalue weighted by molar-refractivity contribution is 0.347. The molecule has 1 aromatic rings. The average molecular weight is 229 g/mol. The largest absolute Gasteiger partial charge is 0.440 e. The van der Waals surface area contributed by atoms with Crippen molar-refractivity contribution in [3.8, 4) is 0 Å². The maximum Gasteiger partial charge on any atom is 0.440 e. The summed E-state index contributed by atoms with van der Waals surface area (Å²) in [5.74, 6) is 0. The Bertz CT molecular complexity index is 325. The maximum absolute atomic E-state index is 9.06. The number of rotatable bonds is 3. The van der Waals surface area contributed by atoms with Crippen LogP contribution in [0.1, 0.15) is 32.8 Å². The minimum absolute atomic E-state index is 0.0694. The van der Waals surface area contributed by atoms with Crippen LogP contribution in [0.2, 0.25) is 0 Å². The zero-order valence-corrected chi connectivity index (χ0v) is 10.2. The summed E-state index contributed by atoms with van der Waals surface area (Å²) in [7, 11) is -3.85. The highest BCUT2D eigenvalue weighted by Crippen LogP contribution is 2.43. The maximum atomic E-state index is 9.06. The van der Waals surface area contributed by atoms with Gasteiger partial charge in [0.2, 0.25) is 0 Å². The Labute approximate surface area is 91.0 Å². The third-order valence-corrected chi connectivity index (χ3v) is 3.87. The zero-order chi connectivity index (χ0) is 11.7. The van der Waals surface area contributed by atoms with E-state index in [9.17, 15) is 0 Å². The smallest absolute Gasteiger partial charge is 0.189 e. The SMILES string of the molecule is CCC(C)(C)c1ccc([P+](O)(O)O)cc1. The molecule has 0 radical (unpaired) electrons. The zero-order valence-electron chi connectivity index (χ0n) is 9.31. The highest BCUT2D eigenvalue weighted by atomic mass is 31.2. The van der Waals surface area contributed by atoms with E-state index in [-0.39, 0.29) is 10.7 Å². The van der Waals surface area contributed by atoms with Crippen LogP contribution in [0.15, 0.2) is 24.3 Å². The van der Waals surface area contributed by atoms with Gasteiger partial charge in [0, 0.05) is 0 Å². The van der Waals surface area contributed by atoms with E-state index >= 15 is 0 Å². The fraction of sp³-hybridized carbons (Fsp3) is 0.455. The predicted molar refractivity (Wildman–Crippen MR) is 63.0 cm³/mol. The van der Waals surface area contributed by atoms with Gasteiger partial charge in [0.25, 0.3) is 0 Å². The molecule has 0 saturated heterocycles. The molecule has 4 heteroatoms. The van der Waals surface area contributed by atoms with Gasteiger partial charge in [0.1, 0.15) is 0 Å². The van der Waals surface area contributed by atoms with Crippen molar-refractivity contribution in [3.63, 3.8) is 0 Å². The Morgan fingerprint density at radius 1 is 1.07 bits per heavy atom. The summed E-state index contributed by atoms with van der Waals surface area (Å²) in [4.78, 5) is 27.2. The van der Waals surface area contributed by atoms with E-state index in [1.54, 1.807) is 12.1 Å². The molecule has 0 aliphatic carbocycles. The number of benzene rings is 1. The molecular formula is C11H18O3P+. The molecule has 3 N–H and O–H groups in total. The molecule has 0 heterocycles. The molecule has 0 saturated carbocycles. The summed E-state index contributed by atoms with van der Waals surface area (Å²) in [5.41, 5.74) is 1.20. The Morgan fingerprint density at radius 3 is 1.87 bits per heavy atom. The van der Waals surface area contributed by atoms with E-state index in [0.717, 1.165) is 12.0 Å². The van der Waals surface area contributed by atoms with Crippen LogP contribution in [-0.4, -0.2) is 14.7 Å². The Kier molecular flexibility index (Phi) is 3.51. The summed E-state index contributed by atoms with van der Waals surface area (Å²) in [6.07, 6.45) is 1.00. The first-order chi connectivity index (χ1) is 6.77. The first-order valence-corrected chi connectivity index (χ1v) is 6.60. The van der Waals surface area contributed by atoms with Gasteiger partial charge in [0.15, 0.2) is 5.30 Å². The summed E-state index contributed by atoms with van der Waals surface area (Å²) in [5, 5.41) is 0.193. The van der Waals surface area contributed by atoms with Gasteiger partial charge in [0.05, 0.1) is 0 Å².